The number of rotatable bonds is 6. The SMILES string of the molecule is COCCN1C(=O)C(=C2C(=O)N(CC(=O)Nc3cccc(C)c3)c3ccccc32)SC1=S. The molecule has 32 heavy (non-hydrogen) atoms. The first kappa shape index (κ1) is 22.2. The molecule has 4 rings (SSSR count). The Hall–Kier alpha value is -3.01. The number of ether oxygens (including phenoxy) is 1. The van der Waals surface area contributed by atoms with Crippen molar-refractivity contribution in [2.24, 2.45) is 0 Å². The number of methoxy groups -OCH3 is 1. The highest BCUT2D eigenvalue weighted by molar-refractivity contribution is 8.26. The minimum absolute atomic E-state index is 0.169. The third kappa shape index (κ3) is 4.19. The summed E-state index contributed by atoms with van der Waals surface area (Å²) in [6.07, 6.45) is 0. The molecule has 2 aromatic carbocycles. The number of nitrogens with zero attached hydrogens (tertiary/aromatic N) is 2. The van der Waals surface area contributed by atoms with Crippen LogP contribution in [0.1, 0.15) is 11.1 Å². The number of carbonyl (C=O) groups is 3. The fraction of sp³-hybridized carbons (Fsp3) is 0.217. The van der Waals surface area contributed by atoms with Crippen molar-refractivity contribution in [1.29, 1.82) is 0 Å². The zero-order chi connectivity index (χ0) is 22.8. The highest BCUT2D eigenvalue weighted by Crippen LogP contribution is 2.44. The summed E-state index contributed by atoms with van der Waals surface area (Å²) in [5.41, 5.74) is 3.17. The topological polar surface area (TPSA) is 79.0 Å². The van der Waals surface area contributed by atoms with Gasteiger partial charge in [-0.1, -0.05) is 54.3 Å². The molecule has 2 aromatic rings. The largest absolute Gasteiger partial charge is 0.383 e. The maximum atomic E-state index is 13.4. The number of thioether (sulfide) groups is 1. The van der Waals surface area contributed by atoms with Crippen molar-refractivity contribution in [2.45, 2.75) is 6.92 Å². The highest BCUT2D eigenvalue weighted by Gasteiger charge is 2.42. The standard InChI is InChI=1S/C23H21N3O4S2/c1-14-6-5-7-15(12-14)24-18(27)13-26-17-9-4-3-8-16(17)19(21(26)28)20-22(29)25(10-11-30-2)23(31)32-20/h3-9,12H,10-11,13H2,1-2H3,(H,24,27). The molecule has 3 amide bonds. The van der Waals surface area contributed by atoms with Crippen LogP contribution in [0.4, 0.5) is 11.4 Å². The van der Waals surface area contributed by atoms with E-state index in [1.807, 2.05) is 25.1 Å². The van der Waals surface area contributed by atoms with E-state index in [4.69, 9.17) is 17.0 Å². The Morgan fingerprint density at radius 2 is 1.88 bits per heavy atom. The lowest BCUT2D eigenvalue weighted by molar-refractivity contribution is -0.122. The summed E-state index contributed by atoms with van der Waals surface area (Å²) in [5, 5.41) is 2.83. The van der Waals surface area contributed by atoms with Crippen LogP contribution in [0.2, 0.25) is 0 Å². The zero-order valence-corrected chi connectivity index (χ0v) is 19.2. The van der Waals surface area contributed by atoms with Crippen molar-refractivity contribution in [1.82, 2.24) is 4.90 Å². The fourth-order valence-corrected chi connectivity index (χ4v) is 5.03. The number of aryl methyl sites for hydroxylation is 1. The van der Waals surface area contributed by atoms with Gasteiger partial charge in [0.25, 0.3) is 11.8 Å². The van der Waals surface area contributed by atoms with E-state index in [0.29, 0.717) is 34.4 Å². The minimum atomic E-state index is -0.391. The number of para-hydroxylation sites is 1. The fourth-order valence-electron chi connectivity index (χ4n) is 3.65. The van der Waals surface area contributed by atoms with Gasteiger partial charge in [-0.05, 0) is 30.7 Å². The first-order chi connectivity index (χ1) is 15.4. The Kier molecular flexibility index (Phi) is 6.40. The third-order valence-electron chi connectivity index (χ3n) is 5.12. The number of benzene rings is 2. The normalized spacial score (nSPS) is 17.9. The minimum Gasteiger partial charge on any atom is -0.383 e. The van der Waals surface area contributed by atoms with Crippen LogP contribution in [-0.2, 0) is 19.1 Å². The summed E-state index contributed by atoms with van der Waals surface area (Å²) in [6.45, 7) is 2.42. The Balaban J connectivity index is 1.63. The molecule has 0 aliphatic carbocycles. The van der Waals surface area contributed by atoms with Crippen molar-refractivity contribution in [3.63, 3.8) is 0 Å². The van der Waals surface area contributed by atoms with Gasteiger partial charge in [0.2, 0.25) is 5.91 Å². The number of carbonyl (C=O) groups excluding carboxylic acids is 3. The number of thiocarbonyl (C=S) groups is 1. The highest BCUT2D eigenvalue weighted by atomic mass is 32.2. The van der Waals surface area contributed by atoms with Gasteiger partial charge in [0, 0.05) is 18.4 Å². The van der Waals surface area contributed by atoms with Gasteiger partial charge in [0.1, 0.15) is 10.9 Å². The van der Waals surface area contributed by atoms with Crippen molar-refractivity contribution in [3.8, 4) is 0 Å². The summed E-state index contributed by atoms with van der Waals surface area (Å²) in [5.74, 6) is -1.04. The molecule has 0 bridgehead atoms. The molecule has 0 spiro atoms. The molecule has 0 aromatic heterocycles. The van der Waals surface area contributed by atoms with E-state index < -0.39 is 5.91 Å². The monoisotopic (exact) mass is 467 g/mol. The summed E-state index contributed by atoms with van der Waals surface area (Å²) < 4.78 is 5.44. The van der Waals surface area contributed by atoms with Crippen molar-refractivity contribution < 1.29 is 19.1 Å². The molecule has 1 fully saturated rings. The van der Waals surface area contributed by atoms with Crippen molar-refractivity contribution in [2.75, 3.05) is 37.0 Å². The van der Waals surface area contributed by atoms with E-state index in [9.17, 15) is 14.4 Å². The summed E-state index contributed by atoms with van der Waals surface area (Å²) >= 11 is 6.46. The maximum absolute atomic E-state index is 13.4. The van der Waals surface area contributed by atoms with E-state index in [2.05, 4.69) is 5.32 Å². The second-order valence-corrected chi connectivity index (χ2v) is 8.99. The maximum Gasteiger partial charge on any atom is 0.267 e. The molecule has 0 radical (unpaired) electrons. The Morgan fingerprint density at radius 1 is 1.09 bits per heavy atom. The Bertz CT molecular complexity index is 1160. The van der Waals surface area contributed by atoms with E-state index in [1.54, 1.807) is 37.4 Å². The van der Waals surface area contributed by atoms with E-state index in [0.717, 1.165) is 17.3 Å². The van der Waals surface area contributed by atoms with Gasteiger partial charge in [-0.2, -0.15) is 0 Å². The lowest BCUT2D eigenvalue weighted by atomic mass is 10.1. The predicted molar refractivity (Wildman–Crippen MR) is 129 cm³/mol. The second kappa shape index (κ2) is 9.23. The van der Waals surface area contributed by atoms with E-state index in [-0.39, 0.29) is 28.8 Å². The Morgan fingerprint density at radius 3 is 2.62 bits per heavy atom. The van der Waals surface area contributed by atoms with Crippen LogP contribution in [-0.4, -0.2) is 53.7 Å². The molecule has 2 aliphatic rings. The van der Waals surface area contributed by atoms with Gasteiger partial charge in [-0.15, -0.1) is 0 Å². The molecule has 0 atom stereocenters. The first-order valence-electron chi connectivity index (χ1n) is 9.95. The number of fused-ring (bicyclic) bond motifs is 1. The van der Waals surface area contributed by atoms with Gasteiger partial charge in [-0.25, -0.2) is 0 Å². The van der Waals surface area contributed by atoms with Crippen LogP contribution < -0.4 is 10.2 Å². The van der Waals surface area contributed by atoms with Gasteiger partial charge >= 0.3 is 0 Å². The molecular weight excluding hydrogens is 446 g/mol. The molecule has 0 unspecified atom stereocenters. The smallest absolute Gasteiger partial charge is 0.267 e. The second-order valence-electron chi connectivity index (χ2n) is 7.35. The zero-order valence-electron chi connectivity index (χ0n) is 17.6. The van der Waals surface area contributed by atoms with Crippen LogP contribution >= 0.6 is 24.0 Å². The number of hydrogen-bond acceptors (Lipinski definition) is 6. The Labute approximate surface area is 195 Å². The van der Waals surface area contributed by atoms with Gasteiger partial charge in [0.15, 0.2) is 0 Å². The third-order valence-corrected chi connectivity index (χ3v) is 6.57. The summed E-state index contributed by atoms with van der Waals surface area (Å²) in [7, 11) is 1.55. The van der Waals surface area contributed by atoms with Crippen LogP contribution in [0.5, 0.6) is 0 Å². The first-order valence-corrected chi connectivity index (χ1v) is 11.2. The molecule has 7 nitrogen and oxygen atoms in total. The quantitative estimate of drug-likeness (QED) is 0.519. The molecule has 9 heteroatoms. The molecule has 2 aliphatic heterocycles. The van der Waals surface area contributed by atoms with Crippen LogP contribution in [0, 0.1) is 6.92 Å². The molecule has 2 heterocycles. The van der Waals surface area contributed by atoms with E-state index in [1.165, 1.54) is 9.80 Å². The average Bonchev–Trinajstić information content (AvgIpc) is 3.19. The van der Waals surface area contributed by atoms with Crippen molar-refractivity contribution in [3.05, 3.63) is 64.6 Å². The number of anilines is 2. The van der Waals surface area contributed by atoms with Crippen molar-refractivity contribution >= 4 is 63.0 Å². The number of amides is 3. The van der Waals surface area contributed by atoms with Gasteiger partial charge in [0.05, 0.1) is 29.3 Å². The van der Waals surface area contributed by atoms with Crippen LogP contribution in [0.15, 0.2) is 53.4 Å². The average molecular weight is 468 g/mol. The number of nitrogens with one attached hydrogen (secondary N) is 1. The molecule has 164 valence electrons. The number of hydrogen-bond donors (Lipinski definition) is 1. The van der Waals surface area contributed by atoms with Gasteiger partial charge < -0.3 is 10.1 Å². The molecule has 0 saturated carbocycles. The molecular formula is C23H21N3O4S2. The van der Waals surface area contributed by atoms with E-state index >= 15 is 0 Å². The predicted octanol–water partition coefficient (Wildman–Crippen LogP) is 3.20. The summed E-state index contributed by atoms with van der Waals surface area (Å²) in [4.78, 5) is 42.3. The molecule has 1 N–H and O–H groups in total. The van der Waals surface area contributed by atoms with Crippen LogP contribution in [0.3, 0.4) is 0 Å². The lowest BCUT2D eigenvalue weighted by Gasteiger charge is -2.17. The summed E-state index contributed by atoms with van der Waals surface area (Å²) in [6, 6.07) is 14.6. The van der Waals surface area contributed by atoms with Crippen LogP contribution in [0.25, 0.3) is 5.57 Å². The lowest BCUT2D eigenvalue weighted by Crippen LogP contribution is -2.35. The molecule has 1 saturated heterocycles. The van der Waals surface area contributed by atoms with Gasteiger partial charge in [-0.3, -0.25) is 24.2 Å².